The van der Waals surface area contributed by atoms with Gasteiger partial charge in [0.1, 0.15) is 0 Å². The lowest BCUT2D eigenvalue weighted by atomic mass is 10.1. The summed E-state index contributed by atoms with van der Waals surface area (Å²) >= 11 is 1.48. The van der Waals surface area contributed by atoms with Gasteiger partial charge in [0.05, 0.1) is 33.7 Å². The van der Waals surface area contributed by atoms with Crippen molar-refractivity contribution in [2.45, 2.75) is 35.3 Å². The fraction of sp³-hybridized carbons (Fsp3) is 0.261. The van der Waals surface area contributed by atoms with Crippen molar-refractivity contribution in [1.29, 1.82) is 0 Å². The molecule has 2 aliphatic rings. The first-order chi connectivity index (χ1) is 16.3. The van der Waals surface area contributed by atoms with Crippen molar-refractivity contribution < 1.29 is 23.1 Å². The highest BCUT2D eigenvalue weighted by Gasteiger charge is 2.31. The number of aliphatic hydroxyl groups is 1. The van der Waals surface area contributed by atoms with Crippen molar-refractivity contribution in [3.8, 4) is 0 Å². The van der Waals surface area contributed by atoms with Crippen LogP contribution in [0.15, 0.2) is 58.5 Å². The topological polar surface area (TPSA) is 129 Å². The smallest absolute Gasteiger partial charge is 0.257 e. The molecule has 0 unspecified atom stereocenters. The van der Waals surface area contributed by atoms with Gasteiger partial charge in [-0.15, -0.1) is 11.3 Å². The Balaban J connectivity index is 1.31. The molecule has 1 aromatic heterocycles. The van der Waals surface area contributed by atoms with Gasteiger partial charge in [-0.2, -0.15) is 0 Å². The second-order valence-corrected chi connectivity index (χ2v) is 11.2. The van der Waals surface area contributed by atoms with Crippen LogP contribution >= 0.6 is 11.3 Å². The minimum Gasteiger partial charge on any atom is -0.393 e. The summed E-state index contributed by atoms with van der Waals surface area (Å²) in [6, 6.07) is 10.2. The van der Waals surface area contributed by atoms with E-state index < -0.39 is 21.7 Å². The number of aliphatic hydroxyl groups excluding tert-OH is 1. The third-order valence-electron chi connectivity index (χ3n) is 5.90. The van der Waals surface area contributed by atoms with Crippen molar-refractivity contribution in [2.24, 2.45) is 0 Å². The first-order valence-electron chi connectivity index (χ1n) is 10.8. The summed E-state index contributed by atoms with van der Waals surface area (Å²) in [6.45, 7) is 1.75. The standard InChI is InChI=1S/C23H22N4O5S2/c28-15-7-9-27(10-8-15)23-25-13-16(33-23)12-24-21(29)14-5-6-20-18(11-14)26-22(30)17-3-1-2-4-19(17)34(20,31)32/h1-6,11,13,15,28H,7-10,12H2,(H,24,29)(H,26,30). The zero-order valence-corrected chi connectivity index (χ0v) is 19.7. The number of amides is 2. The third kappa shape index (κ3) is 4.17. The van der Waals surface area contributed by atoms with Gasteiger partial charge in [0, 0.05) is 29.7 Å². The van der Waals surface area contributed by atoms with E-state index >= 15 is 0 Å². The Hall–Kier alpha value is -3.28. The molecule has 0 bridgehead atoms. The molecule has 3 N–H and O–H groups in total. The van der Waals surface area contributed by atoms with E-state index in [0.717, 1.165) is 23.1 Å². The molecule has 0 atom stereocenters. The molecule has 1 fully saturated rings. The lowest BCUT2D eigenvalue weighted by Crippen LogP contribution is -2.35. The van der Waals surface area contributed by atoms with Crippen LogP contribution in [-0.2, 0) is 16.4 Å². The number of anilines is 2. The van der Waals surface area contributed by atoms with E-state index in [4.69, 9.17) is 0 Å². The number of hydrogen-bond acceptors (Lipinski definition) is 8. The van der Waals surface area contributed by atoms with Crippen LogP contribution in [0, 0.1) is 0 Å². The highest BCUT2D eigenvalue weighted by atomic mass is 32.2. The number of nitrogens with zero attached hydrogens (tertiary/aromatic N) is 2. The van der Waals surface area contributed by atoms with Crippen molar-refractivity contribution >= 4 is 43.8 Å². The Bertz CT molecular complexity index is 1380. The Morgan fingerprint density at radius 3 is 2.74 bits per heavy atom. The quantitative estimate of drug-likeness (QED) is 0.504. The molecule has 11 heteroatoms. The van der Waals surface area contributed by atoms with E-state index in [1.54, 1.807) is 18.3 Å². The highest BCUT2D eigenvalue weighted by Crippen LogP contribution is 2.34. The maximum Gasteiger partial charge on any atom is 0.257 e. The summed E-state index contributed by atoms with van der Waals surface area (Å²) in [7, 11) is -3.92. The number of carbonyl (C=O) groups is 2. The second kappa shape index (κ2) is 8.82. The van der Waals surface area contributed by atoms with Crippen molar-refractivity contribution in [2.75, 3.05) is 23.3 Å². The summed E-state index contributed by atoms with van der Waals surface area (Å²) < 4.78 is 26.2. The summed E-state index contributed by atoms with van der Waals surface area (Å²) in [5.74, 6) is -0.940. The third-order valence-corrected chi connectivity index (χ3v) is 8.83. The van der Waals surface area contributed by atoms with Crippen molar-refractivity contribution in [1.82, 2.24) is 10.3 Å². The normalized spacial score (nSPS) is 17.3. The van der Waals surface area contributed by atoms with Crippen LogP contribution in [0.4, 0.5) is 10.8 Å². The minimum atomic E-state index is -3.92. The molecule has 3 heterocycles. The first kappa shape index (κ1) is 22.5. The van der Waals surface area contributed by atoms with Gasteiger partial charge in [-0.3, -0.25) is 9.59 Å². The number of sulfone groups is 1. The van der Waals surface area contributed by atoms with Crippen LogP contribution in [0.5, 0.6) is 0 Å². The number of benzene rings is 2. The van der Waals surface area contributed by atoms with Gasteiger partial charge in [0.15, 0.2) is 5.13 Å². The molecule has 2 aliphatic heterocycles. The first-order valence-corrected chi connectivity index (χ1v) is 13.1. The molecule has 1 saturated heterocycles. The maximum atomic E-state index is 13.1. The van der Waals surface area contributed by atoms with Crippen molar-refractivity contribution in [3.05, 3.63) is 64.7 Å². The van der Waals surface area contributed by atoms with Crippen LogP contribution < -0.4 is 15.5 Å². The molecular formula is C23H22N4O5S2. The minimum absolute atomic E-state index is 0.0545. The van der Waals surface area contributed by atoms with Gasteiger partial charge in [0.25, 0.3) is 11.8 Å². The largest absolute Gasteiger partial charge is 0.393 e. The van der Waals surface area contributed by atoms with Gasteiger partial charge >= 0.3 is 0 Å². The fourth-order valence-corrected chi connectivity index (χ4v) is 6.54. The van der Waals surface area contributed by atoms with Crippen LogP contribution in [0.3, 0.4) is 0 Å². The average molecular weight is 499 g/mol. The van der Waals surface area contributed by atoms with Crippen LogP contribution in [-0.4, -0.2) is 49.5 Å². The molecule has 0 aliphatic carbocycles. The van der Waals surface area contributed by atoms with E-state index in [0.29, 0.717) is 12.8 Å². The SMILES string of the molecule is O=C(NCc1cnc(N2CCC(O)CC2)s1)c1ccc2c(c1)NC(=O)c1ccccc1S2(=O)=O. The Morgan fingerprint density at radius 2 is 1.94 bits per heavy atom. The molecule has 176 valence electrons. The summed E-state index contributed by atoms with van der Waals surface area (Å²) in [6.07, 6.45) is 2.87. The van der Waals surface area contributed by atoms with Crippen LogP contribution in [0.1, 0.15) is 38.4 Å². The van der Waals surface area contributed by atoms with Gasteiger partial charge in [-0.05, 0) is 43.2 Å². The summed E-state index contributed by atoms with van der Waals surface area (Å²) in [4.78, 5) is 32.7. The van der Waals surface area contributed by atoms with E-state index in [9.17, 15) is 23.1 Å². The molecule has 0 radical (unpaired) electrons. The predicted octanol–water partition coefficient (Wildman–Crippen LogP) is 2.43. The molecular weight excluding hydrogens is 476 g/mol. The number of carbonyl (C=O) groups excluding carboxylic acids is 2. The molecule has 2 amide bonds. The molecule has 0 spiro atoms. The Kier molecular flexibility index (Phi) is 5.84. The Morgan fingerprint density at radius 1 is 1.18 bits per heavy atom. The summed E-state index contributed by atoms with van der Waals surface area (Å²) in [5, 5.41) is 16.0. The summed E-state index contributed by atoms with van der Waals surface area (Å²) in [5.41, 5.74) is 0.366. The zero-order valence-electron chi connectivity index (χ0n) is 18.0. The number of rotatable bonds is 4. The highest BCUT2D eigenvalue weighted by molar-refractivity contribution is 7.91. The monoisotopic (exact) mass is 498 g/mol. The molecule has 34 heavy (non-hydrogen) atoms. The number of piperidine rings is 1. The van der Waals surface area contributed by atoms with Crippen molar-refractivity contribution in [3.63, 3.8) is 0 Å². The average Bonchev–Trinajstić information content (AvgIpc) is 3.29. The molecule has 3 aromatic rings. The number of nitrogens with one attached hydrogen (secondary N) is 2. The van der Waals surface area contributed by atoms with E-state index in [2.05, 4.69) is 20.5 Å². The maximum absolute atomic E-state index is 13.1. The second-order valence-electron chi connectivity index (χ2n) is 8.17. The molecule has 9 nitrogen and oxygen atoms in total. The van der Waals surface area contributed by atoms with Gasteiger partial charge < -0.3 is 20.6 Å². The predicted molar refractivity (Wildman–Crippen MR) is 127 cm³/mol. The van der Waals surface area contributed by atoms with E-state index in [-0.39, 0.29) is 39.3 Å². The van der Waals surface area contributed by atoms with Gasteiger partial charge in [-0.1, -0.05) is 12.1 Å². The van der Waals surface area contributed by atoms with Crippen LogP contribution in [0.2, 0.25) is 0 Å². The number of fused-ring (bicyclic) bond motifs is 2. The molecule has 5 rings (SSSR count). The fourth-order valence-electron chi connectivity index (χ4n) is 4.05. The molecule has 0 saturated carbocycles. The number of thiazole rings is 1. The number of aromatic nitrogens is 1. The van der Waals surface area contributed by atoms with E-state index in [1.165, 1.54) is 41.7 Å². The van der Waals surface area contributed by atoms with Gasteiger partial charge in [-0.25, -0.2) is 13.4 Å². The van der Waals surface area contributed by atoms with Crippen LogP contribution in [0.25, 0.3) is 0 Å². The Labute approximate surface area is 200 Å². The van der Waals surface area contributed by atoms with E-state index in [1.807, 2.05) is 0 Å². The lowest BCUT2D eigenvalue weighted by molar-refractivity contribution is 0.0949. The zero-order chi connectivity index (χ0) is 23.9. The molecule has 2 aromatic carbocycles. The number of hydrogen-bond donors (Lipinski definition) is 3. The van der Waals surface area contributed by atoms with Gasteiger partial charge in [0.2, 0.25) is 9.84 Å². The lowest BCUT2D eigenvalue weighted by Gasteiger charge is -2.29.